The van der Waals surface area contributed by atoms with Crippen LogP contribution in [0.5, 0.6) is 5.75 Å². The first-order chi connectivity index (χ1) is 23.7. The number of pyridine rings is 1. The number of carbonyl (C=O) groups excluding carboxylic acids is 2. The van der Waals surface area contributed by atoms with Gasteiger partial charge in [0.1, 0.15) is 23.9 Å². The second-order valence-electron chi connectivity index (χ2n) is 12.6. The number of aliphatic carboxylic acids is 1. The first-order valence-corrected chi connectivity index (χ1v) is 18.1. The highest BCUT2D eigenvalue weighted by Crippen LogP contribution is 2.40. The minimum atomic E-state index is -4.99. The molecule has 50 heavy (non-hydrogen) atoms. The van der Waals surface area contributed by atoms with E-state index in [9.17, 15) is 27.9 Å². The molecule has 2 saturated heterocycles. The molecule has 2 atom stereocenters. The molecular formula is C31H39N7O10S2. The van der Waals surface area contributed by atoms with Gasteiger partial charge in [-0.1, -0.05) is 18.5 Å². The third-order valence-electron chi connectivity index (χ3n) is 8.51. The average molecular weight is 734 g/mol. The highest BCUT2D eigenvalue weighted by molar-refractivity contribution is 7.80. The van der Waals surface area contributed by atoms with Crippen molar-refractivity contribution >= 4 is 67.0 Å². The van der Waals surface area contributed by atoms with Gasteiger partial charge in [-0.2, -0.15) is 13.5 Å². The number of hydrogen-bond acceptors (Lipinski definition) is 15. The Kier molecular flexibility index (Phi) is 11.2. The molecular weight excluding hydrogens is 695 g/mol. The zero-order chi connectivity index (χ0) is 36.2. The van der Waals surface area contributed by atoms with Crippen LogP contribution in [0.1, 0.15) is 45.7 Å². The predicted octanol–water partition coefficient (Wildman–Crippen LogP) is 2.28. The van der Waals surface area contributed by atoms with E-state index in [1.165, 1.54) is 19.2 Å². The number of carbonyl (C=O) groups is 3. The summed E-state index contributed by atoms with van der Waals surface area (Å²) in [6.45, 7) is 8.38. The maximum atomic E-state index is 13.4. The number of oxime groups is 1. The summed E-state index contributed by atoms with van der Waals surface area (Å²) in [6.07, 6.45) is -0.0124. The molecule has 1 amide bonds. The van der Waals surface area contributed by atoms with Gasteiger partial charge in [0.25, 0.3) is 12.0 Å². The number of aromatic nitrogens is 2. The molecule has 5 N–H and O–H groups in total. The van der Waals surface area contributed by atoms with Gasteiger partial charge in [0.05, 0.1) is 17.0 Å². The second kappa shape index (κ2) is 15.2. The summed E-state index contributed by atoms with van der Waals surface area (Å²) in [5.74, 6) is -2.30. The number of unbranched alkanes of at least 4 members (excludes halogenated alkanes) is 1. The van der Waals surface area contributed by atoms with Gasteiger partial charge < -0.3 is 30.6 Å². The third-order valence-corrected chi connectivity index (χ3v) is 9.52. The number of nitrogen functional groups attached to an aromatic ring is 1. The topological polar surface area (TPSA) is 236 Å². The van der Waals surface area contributed by atoms with E-state index in [1.807, 2.05) is 12.1 Å². The lowest BCUT2D eigenvalue weighted by Gasteiger charge is -2.50. The van der Waals surface area contributed by atoms with E-state index in [0.717, 1.165) is 67.1 Å². The Bertz CT molecular complexity index is 1880. The van der Waals surface area contributed by atoms with Crippen molar-refractivity contribution in [3.8, 4) is 5.75 Å². The first-order valence-electron chi connectivity index (χ1n) is 15.9. The number of amides is 1. The molecule has 0 saturated carbocycles. The van der Waals surface area contributed by atoms with E-state index in [-0.39, 0.29) is 10.8 Å². The van der Waals surface area contributed by atoms with Crippen molar-refractivity contribution in [2.75, 3.05) is 43.4 Å². The number of β-lactam (4-membered cyclic amide) rings is 1. The van der Waals surface area contributed by atoms with E-state index in [0.29, 0.717) is 16.7 Å². The van der Waals surface area contributed by atoms with E-state index in [1.54, 1.807) is 18.2 Å². The molecule has 2 aliphatic heterocycles. The Morgan fingerprint density at radius 3 is 2.60 bits per heavy atom. The molecule has 0 unspecified atom stereocenters. The van der Waals surface area contributed by atoms with Crippen LogP contribution in [0.2, 0.25) is 0 Å². The number of carboxylic acid groups (broad SMARTS) is 1. The zero-order valence-electron chi connectivity index (χ0n) is 27.6. The lowest BCUT2D eigenvalue weighted by atomic mass is 9.74. The van der Waals surface area contributed by atoms with Crippen molar-refractivity contribution in [2.45, 2.75) is 51.7 Å². The van der Waals surface area contributed by atoms with E-state index >= 15 is 0 Å². The molecule has 0 radical (unpaired) electrons. The van der Waals surface area contributed by atoms with Gasteiger partial charge in [-0.15, -0.1) is 15.6 Å². The fourth-order valence-corrected chi connectivity index (χ4v) is 6.52. The highest BCUT2D eigenvalue weighted by atomic mass is 32.3. The number of hydroxylamine groups is 2. The number of rotatable bonds is 18. The number of nitrogens with zero attached hydrogens (tertiary/aromatic N) is 5. The van der Waals surface area contributed by atoms with Crippen molar-refractivity contribution in [3.63, 3.8) is 0 Å². The van der Waals surface area contributed by atoms with Crippen molar-refractivity contribution in [1.29, 1.82) is 0 Å². The fourth-order valence-electron chi connectivity index (χ4n) is 5.52. The first kappa shape index (κ1) is 36.8. The molecule has 17 nitrogen and oxygen atoms in total. The third kappa shape index (κ3) is 8.64. The molecule has 0 spiro atoms. The number of ether oxygens (including phenoxy) is 1. The van der Waals surface area contributed by atoms with Gasteiger partial charge in [0.15, 0.2) is 16.6 Å². The molecule has 4 heterocycles. The second-order valence-corrected chi connectivity index (χ2v) is 14.5. The standard InChI is InChI=1S/C31H39N7O10S2/c1-4-5-10-37(15-18-13-33-14-18)26-9-6-19-11-20(7-8-22(19)34-26)46-16-25(29(41)42)47-36-27(23-17-49-30(32)35-23)24(39)12-21-28(40)38(31(21,2)3)48-50(43,44)45/h6-9,11,17-18,21,25,33H,4-5,10,12-16H2,1-3H3,(H2,32,35)(H,41,42)(H,43,44,45)/b36-27-/t21-,25+/m1/s1. The van der Waals surface area contributed by atoms with Crippen LogP contribution < -0.4 is 20.7 Å². The fraction of sp³-hybridized carbons (Fsp3) is 0.484. The number of hydrogen-bond donors (Lipinski definition) is 4. The molecule has 2 aromatic heterocycles. The number of fused-ring (bicyclic) bond motifs is 1. The normalized spacial score (nSPS) is 18.3. The van der Waals surface area contributed by atoms with Gasteiger partial charge in [-0.3, -0.25) is 14.1 Å². The molecule has 0 bridgehead atoms. The van der Waals surface area contributed by atoms with Crippen LogP contribution in [0.4, 0.5) is 10.9 Å². The SMILES string of the molecule is CCCCN(CC1CNC1)c1ccc2cc(OC[C@H](O/N=C(\C(=O)C[C@@H]3C(=O)N(OS(=O)(=O)O)C3(C)C)c3csc(N)n3)C(=O)O)ccc2n1. The largest absolute Gasteiger partial charge is 0.489 e. The Balaban J connectivity index is 1.27. The molecule has 270 valence electrons. The Morgan fingerprint density at radius 1 is 1.24 bits per heavy atom. The summed E-state index contributed by atoms with van der Waals surface area (Å²) in [6, 6.07) is 9.11. The Hall–Kier alpha value is -4.43. The predicted molar refractivity (Wildman–Crippen MR) is 183 cm³/mol. The number of nitrogens with two attached hydrogens (primary N) is 1. The minimum Gasteiger partial charge on any atom is -0.489 e. The number of anilines is 2. The van der Waals surface area contributed by atoms with Crippen LogP contribution in [0.3, 0.4) is 0 Å². The van der Waals surface area contributed by atoms with E-state index < -0.39 is 64.4 Å². The van der Waals surface area contributed by atoms with Crippen LogP contribution in [0.25, 0.3) is 10.9 Å². The van der Waals surface area contributed by atoms with Crippen molar-refractivity contribution in [3.05, 3.63) is 41.4 Å². The lowest BCUT2D eigenvalue weighted by molar-refractivity contribution is -0.228. The minimum absolute atomic E-state index is 0.0165. The molecule has 19 heteroatoms. The van der Waals surface area contributed by atoms with E-state index in [2.05, 4.69) is 31.6 Å². The van der Waals surface area contributed by atoms with Crippen LogP contribution in [-0.4, -0.2) is 101 Å². The number of thiazole rings is 1. The molecule has 0 aliphatic carbocycles. The number of benzene rings is 1. The smallest absolute Gasteiger partial charge is 0.418 e. The van der Waals surface area contributed by atoms with Gasteiger partial charge in [0.2, 0.25) is 0 Å². The number of nitrogens with one attached hydrogen (secondary N) is 1. The average Bonchev–Trinajstić information content (AvgIpc) is 3.47. The molecule has 2 aliphatic rings. The molecule has 3 aromatic rings. The summed E-state index contributed by atoms with van der Waals surface area (Å²) in [7, 11) is -4.99. The number of Topliss-reactive ketones (excluding diaryl/α,β-unsaturated/α-hetero) is 1. The summed E-state index contributed by atoms with van der Waals surface area (Å²) >= 11 is 0.993. The molecule has 5 rings (SSSR count). The Labute approximate surface area is 292 Å². The monoisotopic (exact) mass is 733 g/mol. The van der Waals surface area contributed by atoms with Gasteiger partial charge in [-0.25, -0.2) is 14.8 Å². The number of carboxylic acids is 1. The molecule has 1 aromatic carbocycles. The quantitative estimate of drug-likeness (QED) is 0.0635. The summed E-state index contributed by atoms with van der Waals surface area (Å²) < 4.78 is 41.4. The molecule has 2 fully saturated rings. The van der Waals surface area contributed by atoms with Crippen LogP contribution >= 0.6 is 11.3 Å². The maximum Gasteiger partial charge on any atom is 0.418 e. The summed E-state index contributed by atoms with van der Waals surface area (Å²) in [5, 5.41) is 19.7. The van der Waals surface area contributed by atoms with Crippen molar-refractivity contribution in [1.82, 2.24) is 20.3 Å². The van der Waals surface area contributed by atoms with Crippen molar-refractivity contribution in [2.24, 2.45) is 17.0 Å². The zero-order valence-corrected chi connectivity index (χ0v) is 29.3. The van der Waals surface area contributed by atoms with E-state index in [4.69, 9.17) is 24.8 Å². The van der Waals surface area contributed by atoms with Gasteiger partial charge >= 0.3 is 16.4 Å². The summed E-state index contributed by atoms with van der Waals surface area (Å²) in [4.78, 5) is 54.6. The van der Waals surface area contributed by atoms with Crippen LogP contribution in [0.15, 0.2) is 40.9 Å². The van der Waals surface area contributed by atoms with Gasteiger partial charge in [0, 0.05) is 49.3 Å². The summed E-state index contributed by atoms with van der Waals surface area (Å²) in [5.41, 5.74) is 4.76. The lowest BCUT2D eigenvalue weighted by Crippen LogP contribution is -2.68. The van der Waals surface area contributed by atoms with Gasteiger partial charge in [-0.05, 0) is 50.6 Å². The Morgan fingerprint density at radius 2 is 2.00 bits per heavy atom. The maximum absolute atomic E-state index is 13.4. The highest BCUT2D eigenvalue weighted by Gasteiger charge is 2.57. The number of ketones is 1. The van der Waals surface area contributed by atoms with Crippen LogP contribution in [0, 0.1) is 11.8 Å². The van der Waals surface area contributed by atoms with Crippen molar-refractivity contribution < 1.29 is 46.3 Å². The van der Waals surface area contributed by atoms with Crippen LogP contribution in [-0.2, 0) is 33.9 Å².